The van der Waals surface area contributed by atoms with Gasteiger partial charge in [0.15, 0.2) is 0 Å². The first kappa shape index (κ1) is 17.2. The molecule has 0 aromatic heterocycles. The van der Waals surface area contributed by atoms with Gasteiger partial charge in [0.1, 0.15) is 5.75 Å². The van der Waals surface area contributed by atoms with Gasteiger partial charge in [-0.1, -0.05) is 45.0 Å². The summed E-state index contributed by atoms with van der Waals surface area (Å²) in [4.78, 5) is 12.2. The topological polar surface area (TPSA) is 61.7 Å². The lowest BCUT2D eigenvalue weighted by Gasteiger charge is -2.19. The number of rotatable bonds is 4. The molecule has 0 spiro atoms. The molecule has 25 heavy (non-hydrogen) atoms. The normalized spacial score (nSPS) is 19.8. The fourth-order valence-electron chi connectivity index (χ4n) is 2.90. The molecule has 0 bridgehead atoms. The van der Waals surface area contributed by atoms with Gasteiger partial charge in [-0.05, 0) is 58.7 Å². The maximum atomic E-state index is 12.2. The van der Waals surface area contributed by atoms with Gasteiger partial charge in [-0.25, -0.2) is 5.43 Å². The maximum Gasteiger partial charge on any atom is 0.243 e. The summed E-state index contributed by atoms with van der Waals surface area (Å²) in [5, 5.41) is 13.2. The van der Waals surface area contributed by atoms with Gasteiger partial charge in [0.2, 0.25) is 5.91 Å². The van der Waals surface area contributed by atoms with Crippen LogP contribution in [0.1, 0.15) is 49.8 Å². The molecule has 1 amide bonds. The highest BCUT2D eigenvalue weighted by atomic mass is 16.3. The zero-order chi connectivity index (χ0) is 18.0. The Morgan fingerprint density at radius 2 is 1.76 bits per heavy atom. The van der Waals surface area contributed by atoms with E-state index in [9.17, 15) is 9.90 Å². The number of hydrogen-bond acceptors (Lipinski definition) is 3. The van der Waals surface area contributed by atoms with Crippen LogP contribution < -0.4 is 5.43 Å². The smallest absolute Gasteiger partial charge is 0.243 e. The van der Waals surface area contributed by atoms with Crippen molar-refractivity contribution in [3.05, 3.63) is 65.2 Å². The van der Waals surface area contributed by atoms with Crippen molar-refractivity contribution in [1.82, 2.24) is 5.43 Å². The Morgan fingerprint density at radius 1 is 1.12 bits per heavy atom. The Kier molecular flexibility index (Phi) is 4.62. The zero-order valence-corrected chi connectivity index (χ0v) is 14.9. The molecule has 130 valence electrons. The Balaban J connectivity index is 1.54. The van der Waals surface area contributed by atoms with Crippen molar-refractivity contribution in [2.45, 2.75) is 38.5 Å². The van der Waals surface area contributed by atoms with E-state index in [0.29, 0.717) is 0 Å². The van der Waals surface area contributed by atoms with E-state index < -0.39 is 0 Å². The molecule has 0 heterocycles. The molecule has 4 heteroatoms. The number of nitrogens with zero attached hydrogens (tertiary/aromatic N) is 1. The summed E-state index contributed by atoms with van der Waals surface area (Å²) in [7, 11) is 0. The largest absolute Gasteiger partial charge is 0.508 e. The summed E-state index contributed by atoms with van der Waals surface area (Å²) < 4.78 is 0. The zero-order valence-electron chi connectivity index (χ0n) is 14.9. The molecular weight excluding hydrogens is 312 g/mol. The number of amides is 1. The summed E-state index contributed by atoms with van der Waals surface area (Å²) in [5.74, 6) is 0.453. The van der Waals surface area contributed by atoms with Crippen molar-refractivity contribution < 1.29 is 9.90 Å². The van der Waals surface area contributed by atoms with Gasteiger partial charge in [0, 0.05) is 5.92 Å². The van der Waals surface area contributed by atoms with Crippen LogP contribution in [0, 0.1) is 5.92 Å². The number of aromatic hydroxyl groups is 1. The lowest BCUT2D eigenvalue weighted by Crippen LogP contribution is -2.20. The molecule has 1 aliphatic carbocycles. The first-order valence-electron chi connectivity index (χ1n) is 8.57. The molecule has 0 saturated heterocycles. The Bertz CT molecular complexity index is 771. The number of benzene rings is 2. The quantitative estimate of drug-likeness (QED) is 0.656. The molecule has 1 fully saturated rings. The van der Waals surface area contributed by atoms with E-state index in [1.165, 1.54) is 11.1 Å². The third-order valence-corrected chi connectivity index (χ3v) is 4.61. The van der Waals surface area contributed by atoms with E-state index in [1.807, 2.05) is 0 Å². The lowest BCUT2D eigenvalue weighted by molar-refractivity contribution is -0.122. The van der Waals surface area contributed by atoms with Crippen molar-refractivity contribution >= 4 is 12.1 Å². The van der Waals surface area contributed by atoms with Crippen LogP contribution in [0.15, 0.2) is 53.6 Å². The van der Waals surface area contributed by atoms with Crippen LogP contribution in [0.2, 0.25) is 0 Å². The molecule has 3 rings (SSSR count). The average molecular weight is 336 g/mol. The molecule has 0 aliphatic heterocycles. The SMILES string of the molecule is CC(C)(C)c1ccc(C2CC2C(=O)N/N=C/c2ccc(O)cc2)cc1. The number of hydrogen-bond donors (Lipinski definition) is 2. The summed E-state index contributed by atoms with van der Waals surface area (Å²) in [5.41, 5.74) is 6.09. The number of nitrogens with one attached hydrogen (secondary N) is 1. The first-order chi connectivity index (χ1) is 11.8. The number of hydrazone groups is 1. The summed E-state index contributed by atoms with van der Waals surface area (Å²) in [6, 6.07) is 15.2. The molecule has 2 atom stereocenters. The molecule has 2 aromatic rings. The van der Waals surface area contributed by atoms with Gasteiger partial charge >= 0.3 is 0 Å². The van der Waals surface area contributed by atoms with Crippen molar-refractivity contribution in [2.24, 2.45) is 11.0 Å². The van der Waals surface area contributed by atoms with E-state index in [2.05, 4.69) is 55.6 Å². The second-order valence-corrected chi connectivity index (χ2v) is 7.65. The monoisotopic (exact) mass is 336 g/mol. The Morgan fingerprint density at radius 3 is 2.36 bits per heavy atom. The number of phenolic OH excluding ortho intramolecular Hbond substituents is 1. The van der Waals surface area contributed by atoms with Crippen molar-refractivity contribution in [2.75, 3.05) is 0 Å². The average Bonchev–Trinajstić information content (AvgIpc) is 3.37. The lowest BCUT2D eigenvalue weighted by atomic mass is 9.86. The van der Waals surface area contributed by atoms with E-state index in [-0.39, 0.29) is 28.9 Å². The third kappa shape index (κ3) is 4.27. The molecule has 2 unspecified atom stereocenters. The minimum Gasteiger partial charge on any atom is -0.508 e. The van der Waals surface area contributed by atoms with Gasteiger partial charge in [-0.3, -0.25) is 4.79 Å². The van der Waals surface area contributed by atoms with Crippen LogP contribution >= 0.6 is 0 Å². The first-order valence-corrected chi connectivity index (χ1v) is 8.57. The fraction of sp³-hybridized carbons (Fsp3) is 0.333. The van der Waals surface area contributed by atoms with Gasteiger partial charge in [-0.15, -0.1) is 0 Å². The van der Waals surface area contributed by atoms with Crippen molar-refractivity contribution in [3.63, 3.8) is 0 Å². The molecular formula is C21H24N2O2. The maximum absolute atomic E-state index is 12.2. The highest BCUT2D eigenvalue weighted by molar-refractivity contribution is 5.85. The standard InChI is InChI=1S/C21H24N2O2/c1-21(2,3)16-8-6-15(7-9-16)18-12-19(18)20(25)23-22-13-14-4-10-17(24)11-5-14/h4-11,13,18-19,24H,12H2,1-3H3,(H,23,25)/b22-13+. The van der Waals surface area contributed by atoms with E-state index in [1.54, 1.807) is 30.5 Å². The van der Waals surface area contributed by atoms with Gasteiger partial charge in [0.05, 0.1) is 6.21 Å². The van der Waals surface area contributed by atoms with Crippen LogP contribution in [0.4, 0.5) is 0 Å². The van der Waals surface area contributed by atoms with Crippen molar-refractivity contribution in [3.8, 4) is 5.75 Å². The fourth-order valence-corrected chi connectivity index (χ4v) is 2.90. The Labute approximate surface area is 148 Å². The predicted octanol–water partition coefficient (Wildman–Crippen LogP) is 3.94. The van der Waals surface area contributed by atoms with Crippen LogP contribution in [-0.2, 0) is 10.2 Å². The van der Waals surface area contributed by atoms with Crippen LogP contribution in [0.3, 0.4) is 0 Å². The minimum absolute atomic E-state index is 0.00236. The number of carbonyl (C=O) groups is 1. The molecule has 1 saturated carbocycles. The van der Waals surface area contributed by atoms with Crippen LogP contribution in [0.5, 0.6) is 5.75 Å². The summed E-state index contributed by atoms with van der Waals surface area (Å²) >= 11 is 0. The van der Waals surface area contributed by atoms with Gasteiger partial charge < -0.3 is 5.11 Å². The molecule has 2 N–H and O–H groups in total. The van der Waals surface area contributed by atoms with E-state index in [4.69, 9.17) is 0 Å². The molecule has 2 aromatic carbocycles. The van der Waals surface area contributed by atoms with Crippen LogP contribution in [-0.4, -0.2) is 17.2 Å². The second kappa shape index (κ2) is 6.71. The van der Waals surface area contributed by atoms with Crippen molar-refractivity contribution in [1.29, 1.82) is 0 Å². The summed E-state index contributed by atoms with van der Waals surface area (Å²) in [6.07, 6.45) is 2.45. The van der Waals surface area contributed by atoms with E-state index >= 15 is 0 Å². The predicted molar refractivity (Wildman–Crippen MR) is 99.8 cm³/mol. The van der Waals surface area contributed by atoms with E-state index in [0.717, 1.165) is 12.0 Å². The molecule has 1 aliphatic rings. The molecule has 0 radical (unpaired) electrons. The number of carbonyl (C=O) groups excluding carboxylic acids is 1. The summed E-state index contributed by atoms with van der Waals surface area (Å²) in [6.45, 7) is 6.59. The molecule has 4 nitrogen and oxygen atoms in total. The van der Waals surface area contributed by atoms with Crippen LogP contribution in [0.25, 0.3) is 0 Å². The number of phenols is 1. The Hall–Kier alpha value is -2.62. The highest BCUT2D eigenvalue weighted by Crippen LogP contribution is 2.47. The second-order valence-electron chi connectivity index (χ2n) is 7.65. The minimum atomic E-state index is -0.0417. The van der Waals surface area contributed by atoms with Gasteiger partial charge in [-0.2, -0.15) is 5.10 Å². The third-order valence-electron chi connectivity index (χ3n) is 4.61. The van der Waals surface area contributed by atoms with Gasteiger partial charge in [0.25, 0.3) is 0 Å². The highest BCUT2D eigenvalue weighted by Gasteiger charge is 2.43.